The molecule has 0 unspecified atom stereocenters. The van der Waals surface area contributed by atoms with Crippen LogP contribution in [0, 0.1) is 5.92 Å². The summed E-state index contributed by atoms with van der Waals surface area (Å²) in [7, 11) is -3.00. The molecule has 2 amide bonds. The van der Waals surface area contributed by atoms with Gasteiger partial charge in [0, 0.05) is 11.1 Å². The predicted molar refractivity (Wildman–Crippen MR) is 125 cm³/mol. The summed E-state index contributed by atoms with van der Waals surface area (Å²) in [5.41, 5.74) is 5.92. The van der Waals surface area contributed by atoms with Crippen LogP contribution in [0.25, 0.3) is 0 Å². The van der Waals surface area contributed by atoms with Crippen molar-refractivity contribution in [2.75, 3.05) is 18.0 Å². The minimum Gasteiger partial charge on any atom is -0.496 e. The van der Waals surface area contributed by atoms with Gasteiger partial charge in [0.25, 0.3) is 21.8 Å². The van der Waals surface area contributed by atoms with Gasteiger partial charge in [-0.05, 0) is 37.3 Å². The van der Waals surface area contributed by atoms with E-state index < -0.39 is 21.8 Å². The molecule has 0 bridgehead atoms. The third kappa shape index (κ3) is 3.73. The van der Waals surface area contributed by atoms with Crippen molar-refractivity contribution in [3.63, 3.8) is 0 Å². The van der Waals surface area contributed by atoms with Gasteiger partial charge in [-0.3, -0.25) is 9.59 Å². The van der Waals surface area contributed by atoms with E-state index >= 15 is 0 Å². The third-order valence-electron chi connectivity index (χ3n) is 4.98. The van der Waals surface area contributed by atoms with Crippen LogP contribution in [-0.4, -0.2) is 33.9 Å². The average molecular weight is 506 g/mol. The predicted octanol–water partition coefficient (Wildman–Crippen LogP) is 3.61. The Hall–Kier alpha value is -3.08. The zero-order valence-electron chi connectivity index (χ0n) is 17.5. The number of methoxy groups -OCH3 is 1. The van der Waals surface area contributed by atoms with E-state index in [-0.39, 0.29) is 37.0 Å². The number of primary amides is 1. The number of hydrogen-bond donors (Lipinski definition) is 1. The highest BCUT2D eigenvalue weighted by atomic mass is 35.5. The second-order valence-electron chi connectivity index (χ2n) is 6.84. The van der Waals surface area contributed by atoms with Gasteiger partial charge in [0.15, 0.2) is 0 Å². The topological polar surface area (TPSA) is 116 Å². The number of amides is 2. The molecule has 1 aliphatic heterocycles. The number of ether oxygens (including phenoxy) is 2. The van der Waals surface area contributed by atoms with Crippen LogP contribution in [0.2, 0.25) is 4.34 Å². The van der Waals surface area contributed by atoms with Crippen molar-refractivity contribution in [2.24, 2.45) is 5.73 Å². The van der Waals surface area contributed by atoms with Crippen LogP contribution in [0.4, 0.5) is 5.69 Å². The first-order valence-corrected chi connectivity index (χ1v) is 12.3. The van der Waals surface area contributed by atoms with E-state index in [0.717, 1.165) is 11.3 Å². The summed E-state index contributed by atoms with van der Waals surface area (Å²) in [5.74, 6) is -1.29. The van der Waals surface area contributed by atoms with E-state index in [0.29, 0.717) is 22.2 Å². The summed E-state index contributed by atoms with van der Waals surface area (Å²) >= 11 is 6.77. The number of benzene rings is 2. The Labute approximate surface area is 199 Å². The number of fused-ring (bicyclic) bond motifs is 1. The Balaban J connectivity index is 2.04. The minimum atomic E-state index is -4.35. The number of hydrogen-bond acceptors (Lipinski definition) is 7. The summed E-state index contributed by atoms with van der Waals surface area (Å²) < 4.78 is 38.8. The quantitative estimate of drug-likeness (QED) is 0.524. The minimum absolute atomic E-state index is 0.0135. The Morgan fingerprint density at radius 1 is 1.12 bits per heavy atom. The maximum atomic E-state index is 13.8. The molecule has 3 aromatic rings. The summed E-state index contributed by atoms with van der Waals surface area (Å²) in [6.07, 6.45) is 0. The molecule has 2 heterocycles. The number of carbonyl (C=O) groups excluding carboxylic acids is 2. The number of nitrogens with two attached hydrogens (primary N) is 1. The first-order valence-electron chi connectivity index (χ1n) is 9.67. The molecule has 1 radical (unpaired) electrons. The summed E-state index contributed by atoms with van der Waals surface area (Å²) in [5, 5.41) is 0. The zero-order valence-corrected chi connectivity index (χ0v) is 19.9. The highest BCUT2D eigenvalue weighted by Gasteiger charge is 2.49. The van der Waals surface area contributed by atoms with Crippen LogP contribution in [0.3, 0.4) is 0 Å². The van der Waals surface area contributed by atoms with E-state index in [1.54, 1.807) is 31.2 Å². The molecular formula is C22H18ClN2O6S2. The second kappa shape index (κ2) is 8.69. The number of anilines is 1. The van der Waals surface area contributed by atoms with Gasteiger partial charge < -0.3 is 15.2 Å². The molecule has 2 N–H and O–H groups in total. The van der Waals surface area contributed by atoms with Crippen LogP contribution >= 0.6 is 22.9 Å². The first-order chi connectivity index (χ1) is 15.7. The third-order valence-corrected chi connectivity index (χ3v) is 8.37. The van der Waals surface area contributed by atoms with Crippen molar-refractivity contribution in [3.05, 3.63) is 75.5 Å². The van der Waals surface area contributed by atoms with E-state index in [2.05, 4.69) is 0 Å². The van der Waals surface area contributed by atoms with Crippen molar-refractivity contribution < 1.29 is 27.5 Å². The Morgan fingerprint density at radius 2 is 1.85 bits per heavy atom. The second-order valence-corrected chi connectivity index (χ2v) is 10.6. The number of carbonyl (C=O) groups is 2. The molecule has 11 heteroatoms. The average Bonchev–Trinajstić information content (AvgIpc) is 3.34. The molecule has 2 aromatic carbocycles. The molecule has 4 rings (SSSR count). The van der Waals surface area contributed by atoms with Gasteiger partial charge in [-0.15, -0.1) is 11.3 Å². The van der Waals surface area contributed by atoms with E-state index in [9.17, 15) is 18.0 Å². The largest absolute Gasteiger partial charge is 0.496 e. The van der Waals surface area contributed by atoms with Crippen molar-refractivity contribution in [1.29, 1.82) is 0 Å². The molecule has 8 nitrogen and oxygen atoms in total. The molecule has 171 valence electrons. The highest BCUT2D eigenvalue weighted by molar-refractivity contribution is 7.95. The molecule has 0 spiro atoms. The van der Waals surface area contributed by atoms with E-state index in [1.165, 1.54) is 31.4 Å². The van der Waals surface area contributed by atoms with Gasteiger partial charge in [0.1, 0.15) is 21.6 Å². The number of nitrogens with zero attached hydrogens (tertiary/aromatic N) is 1. The Kier molecular flexibility index (Phi) is 6.08. The fraction of sp³-hybridized carbons (Fsp3) is 0.136. The molecule has 0 saturated carbocycles. The van der Waals surface area contributed by atoms with Crippen LogP contribution < -0.4 is 19.5 Å². The number of rotatable bonds is 7. The Morgan fingerprint density at radius 3 is 2.45 bits per heavy atom. The number of halogens is 1. The number of sulfonamides is 1. The van der Waals surface area contributed by atoms with Gasteiger partial charge in [-0.2, -0.15) is 8.42 Å². The molecule has 0 fully saturated rings. The molecule has 0 aliphatic carbocycles. The number of thiophene rings is 1. The normalized spacial score (nSPS) is 13.8. The smallest absolute Gasteiger partial charge is 0.280 e. The maximum Gasteiger partial charge on any atom is 0.280 e. The van der Waals surface area contributed by atoms with Crippen LogP contribution in [0.5, 0.6) is 11.5 Å². The van der Waals surface area contributed by atoms with Gasteiger partial charge >= 0.3 is 0 Å². The molecular weight excluding hydrogens is 488 g/mol. The summed E-state index contributed by atoms with van der Waals surface area (Å²) in [6, 6.07) is 12.2. The summed E-state index contributed by atoms with van der Waals surface area (Å²) in [4.78, 5) is 26.2. The van der Waals surface area contributed by atoms with Gasteiger partial charge in [-0.25, -0.2) is 4.31 Å². The summed E-state index contributed by atoms with van der Waals surface area (Å²) in [6.45, 7) is 2.09. The fourth-order valence-corrected chi connectivity index (χ4v) is 6.67. The SMILES string of the molecule is CCOc1ccccc1[C]1C(=O)N(S(=O)(=O)c2ccc(Cl)s2)c2ccc(OC)c(C(N)=O)c21. The lowest BCUT2D eigenvalue weighted by molar-refractivity contribution is -0.114. The maximum absolute atomic E-state index is 13.8. The monoisotopic (exact) mass is 505 g/mol. The van der Waals surface area contributed by atoms with Crippen LogP contribution in [0.15, 0.2) is 52.7 Å². The molecule has 0 atom stereocenters. The molecule has 0 saturated heterocycles. The highest BCUT2D eigenvalue weighted by Crippen LogP contribution is 2.49. The van der Waals surface area contributed by atoms with Crippen molar-refractivity contribution >= 4 is 50.5 Å². The first kappa shape index (κ1) is 23.1. The van der Waals surface area contributed by atoms with Gasteiger partial charge in [-0.1, -0.05) is 29.8 Å². The standard InChI is InChI=1S/C22H18ClN2O6S2/c1-3-31-14-7-5-4-6-12(14)18-19-13(8-9-15(30-2)20(19)21(24)26)25(22(18)27)33(28,29)17-11-10-16(23)32-17/h4-11H,3H2,1-2H3,(H2,24,26). The lowest BCUT2D eigenvalue weighted by Gasteiger charge is -2.18. The molecule has 1 aliphatic rings. The molecule has 33 heavy (non-hydrogen) atoms. The van der Waals surface area contributed by atoms with E-state index in [1.807, 2.05) is 0 Å². The Bertz CT molecular complexity index is 1370. The van der Waals surface area contributed by atoms with Gasteiger partial charge in [0.2, 0.25) is 0 Å². The van der Waals surface area contributed by atoms with Crippen molar-refractivity contribution in [2.45, 2.75) is 11.1 Å². The fourth-order valence-electron chi connectivity index (χ4n) is 3.70. The lowest BCUT2D eigenvalue weighted by atomic mass is 9.88. The molecule has 1 aromatic heterocycles. The zero-order chi connectivity index (χ0) is 23.9. The number of para-hydroxylation sites is 1. The van der Waals surface area contributed by atoms with Crippen molar-refractivity contribution in [1.82, 2.24) is 0 Å². The van der Waals surface area contributed by atoms with Gasteiger partial charge in [0.05, 0.1) is 29.3 Å². The van der Waals surface area contributed by atoms with Crippen molar-refractivity contribution in [3.8, 4) is 11.5 Å². The van der Waals surface area contributed by atoms with Crippen LogP contribution in [-0.2, 0) is 14.8 Å². The van der Waals surface area contributed by atoms with E-state index in [4.69, 9.17) is 26.8 Å². The van der Waals surface area contributed by atoms with Crippen LogP contribution in [0.1, 0.15) is 28.4 Å². The lowest BCUT2D eigenvalue weighted by Crippen LogP contribution is -2.35.